The standard InChI is InChI=1S/C34H30ClNO2/c1-21-19-22(2)31-29(20-21)30(23(3)32(36-31)24-11-15-27(35)16-12-24)33(37)38-28-17-13-26(14-18-28)34(4,5)25-9-7-6-8-10-25/h6-20H,1-5H3. The number of aryl methyl sites for hydroxylation is 2. The minimum Gasteiger partial charge on any atom is -0.423 e. The number of carbonyl (C=O) groups excluding carboxylic acids is 1. The number of ether oxygens (including phenoxy) is 1. The second-order valence-electron chi connectivity index (χ2n) is 10.4. The van der Waals surface area contributed by atoms with Crippen LogP contribution in [0.5, 0.6) is 5.75 Å². The highest BCUT2D eigenvalue weighted by atomic mass is 35.5. The summed E-state index contributed by atoms with van der Waals surface area (Å²) in [6, 6.07) is 29.8. The Bertz CT molecular complexity index is 1640. The van der Waals surface area contributed by atoms with Crippen molar-refractivity contribution in [3.63, 3.8) is 0 Å². The molecule has 0 unspecified atom stereocenters. The SMILES string of the molecule is Cc1cc(C)c2nc(-c3ccc(Cl)cc3)c(C)c(C(=O)Oc3ccc(C(C)(C)c4ccccc4)cc3)c2c1. The Labute approximate surface area is 229 Å². The highest BCUT2D eigenvalue weighted by Gasteiger charge is 2.24. The summed E-state index contributed by atoms with van der Waals surface area (Å²) in [6.07, 6.45) is 0. The molecule has 0 aliphatic rings. The van der Waals surface area contributed by atoms with E-state index < -0.39 is 5.97 Å². The van der Waals surface area contributed by atoms with Gasteiger partial charge in [-0.1, -0.05) is 91.7 Å². The van der Waals surface area contributed by atoms with Gasteiger partial charge in [0.05, 0.1) is 16.8 Å². The van der Waals surface area contributed by atoms with Crippen molar-refractivity contribution in [3.8, 4) is 17.0 Å². The van der Waals surface area contributed by atoms with Gasteiger partial charge in [0.2, 0.25) is 0 Å². The molecule has 0 radical (unpaired) electrons. The molecule has 4 heteroatoms. The molecular weight excluding hydrogens is 490 g/mol. The first-order valence-electron chi connectivity index (χ1n) is 12.7. The average Bonchev–Trinajstić information content (AvgIpc) is 2.90. The largest absolute Gasteiger partial charge is 0.423 e. The molecule has 0 saturated carbocycles. The summed E-state index contributed by atoms with van der Waals surface area (Å²) in [7, 11) is 0. The molecule has 0 aliphatic carbocycles. The predicted octanol–water partition coefficient (Wildman–Crippen LogP) is 9.03. The zero-order valence-corrected chi connectivity index (χ0v) is 23.1. The number of hydrogen-bond donors (Lipinski definition) is 0. The van der Waals surface area contributed by atoms with Gasteiger partial charge in [0.1, 0.15) is 5.75 Å². The number of nitrogens with zero attached hydrogens (tertiary/aromatic N) is 1. The Balaban J connectivity index is 1.54. The third-order valence-corrected chi connectivity index (χ3v) is 7.52. The summed E-state index contributed by atoms with van der Waals surface area (Å²) >= 11 is 6.13. The minimum absolute atomic E-state index is 0.176. The maximum Gasteiger partial charge on any atom is 0.344 e. The fraction of sp³-hybridized carbons (Fsp3) is 0.176. The van der Waals surface area contributed by atoms with Crippen LogP contribution in [0, 0.1) is 20.8 Å². The van der Waals surface area contributed by atoms with Crippen molar-refractivity contribution in [3.05, 3.63) is 129 Å². The second-order valence-corrected chi connectivity index (χ2v) is 10.8. The second kappa shape index (κ2) is 10.1. The number of esters is 1. The van der Waals surface area contributed by atoms with Gasteiger partial charge < -0.3 is 4.74 Å². The molecular formula is C34H30ClNO2. The summed E-state index contributed by atoms with van der Waals surface area (Å²) in [5.74, 6) is 0.106. The van der Waals surface area contributed by atoms with Gasteiger partial charge in [-0.05, 0) is 73.4 Å². The highest BCUT2D eigenvalue weighted by molar-refractivity contribution is 6.30. The Hall–Kier alpha value is -3.95. The van der Waals surface area contributed by atoms with Crippen molar-refractivity contribution in [2.45, 2.75) is 40.0 Å². The summed E-state index contributed by atoms with van der Waals surface area (Å²) in [6.45, 7) is 10.4. The molecule has 1 heterocycles. The number of aromatic nitrogens is 1. The normalized spacial score (nSPS) is 11.5. The molecule has 0 aliphatic heterocycles. The Morgan fingerprint density at radius 2 is 1.45 bits per heavy atom. The van der Waals surface area contributed by atoms with E-state index in [-0.39, 0.29) is 5.41 Å². The van der Waals surface area contributed by atoms with Crippen LogP contribution < -0.4 is 4.74 Å². The first-order valence-corrected chi connectivity index (χ1v) is 13.1. The molecule has 38 heavy (non-hydrogen) atoms. The Morgan fingerprint density at radius 1 is 0.816 bits per heavy atom. The van der Waals surface area contributed by atoms with Gasteiger partial charge in [-0.15, -0.1) is 0 Å². The maximum atomic E-state index is 13.7. The lowest BCUT2D eigenvalue weighted by atomic mass is 9.78. The van der Waals surface area contributed by atoms with E-state index in [1.54, 1.807) is 0 Å². The third-order valence-electron chi connectivity index (χ3n) is 7.27. The van der Waals surface area contributed by atoms with Crippen LogP contribution in [-0.4, -0.2) is 11.0 Å². The van der Waals surface area contributed by atoms with Crippen LogP contribution >= 0.6 is 11.6 Å². The molecule has 0 atom stereocenters. The van der Waals surface area contributed by atoms with Gasteiger partial charge in [-0.25, -0.2) is 9.78 Å². The molecule has 0 N–H and O–H groups in total. The van der Waals surface area contributed by atoms with E-state index in [4.69, 9.17) is 21.3 Å². The molecule has 0 saturated heterocycles. The fourth-order valence-electron chi connectivity index (χ4n) is 5.09. The van der Waals surface area contributed by atoms with Gasteiger partial charge in [-0.2, -0.15) is 0 Å². The van der Waals surface area contributed by atoms with E-state index in [1.165, 1.54) is 5.56 Å². The first-order chi connectivity index (χ1) is 18.1. The number of carbonyl (C=O) groups is 1. The zero-order valence-electron chi connectivity index (χ0n) is 22.3. The monoisotopic (exact) mass is 519 g/mol. The quantitative estimate of drug-likeness (QED) is 0.172. The number of hydrogen-bond acceptors (Lipinski definition) is 3. The van der Waals surface area contributed by atoms with Crippen molar-refractivity contribution < 1.29 is 9.53 Å². The van der Waals surface area contributed by atoms with E-state index in [0.717, 1.165) is 44.4 Å². The van der Waals surface area contributed by atoms with Crippen molar-refractivity contribution in [1.29, 1.82) is 0 Å². The van der Waals surface area contributed by atoms with Crippen LogP contribution in [0.4, 0.5) is 0 Å². The predicted molar refractivity (Wildman–Crippen MR) is 156 cm³/mol. The number of fused-ring (bicyclic) bond motifs is 1. The smallest absolute Gasteiger partial charge is 0.344 e. The van der Waals surface area contributed by atoms with Gasteiger partial charge in [0, 0.05) is 21.4 Å². The highest BCUT2D eigenvalue weighted by Crippen LogP contribution is 2.35. The summed E-state index contributed by atoms with van der Waals surface area (Å²) in [5.41, 5.74) is 8.01. The van der Waals surface area contributed by atoms with Crippen molar-refractivity contribution in [2.75, 3.05) is 0 Å². The number of benzene rings is 4. The third kappa shape index (κ3) is 4.82. The maximum absolute atomic E-state index is 13.7. The summed E-state index contributed by atoms with van der Waals surface area (Å²) < 4.78 is 5.96. The van der Waals surface area contributed by atoms with Crippen LogP contribution in [0.25, 0.3) is 22.2 Å². The fourth-order valence-corrected chi connectivity index (χ4v) is 5.21. The molecule has 1 aromatic heterocycles. The van der Waals surface area contributed by atoms with Gasteiger partial charge >= 0.3 is 5.97 Å². The minimum atomic E-state index is -0.398. The number of halogens is 1. The summed E-state index contributed by atoms with van der Waals surface area (Å²) in [4.78, 5) is 18.7. The number of rotatable bonds is 5. The molecule has 0 fully saturated rings. The van der Waals surface area contributed by atoms with Crippen LogP contribution in [0.3, 0.4) is 0 Å². The molecule has 0 bridgehead atoms. The Kier molecular flexibility index (Phi) is 6.81. The average molecular weight is 520 g/mol. The van der Waals surface area contributed by atoms with E-state index in [9.17, 15) is 4.79 Å². The molecule has 5 rings (SSSR count). The number of pyridine rings is 1. The van der Waals surface area contributed by atoms with E-state index in [2.05, 4.69) is 44.2 Å². The lowest BCUT2D eigenvalue weighted by Gasteiger charge is -2.26. The van der Waals surface area contributed by atoms with Crippen LogP contribution in [0.15, 0.2) is 91.0 Å². The van der Waals surface area contributed by atoms with E-state index >= 15 is 0 Å². The zero-order chi connectivity index (χ0) is 27.0. The van der Waals surface area contributed by atoms with E-state index in [0.29, 0.717) is 16.3 Å². The van der Waals surface area contributed by atoms with Gasteiger partial charge in [-0.3, -0.25) is 0 Å². The van der Waals surface area contributed by atoms with Crippen LogP contribution in [-0.2, 0) is 5.41 Å². The summed E-state index contributed by atoms with van der Waals surface area (Å²) in [5, 5.41) is 1.45. The van der Waals surface area contributed by atoms with Crippen LogP contribution in [0.1, 0.15) is 52.0 Å². The molecule has 0 amide bonds. The van der Waals surface area contributed by atoms with Crippen molar-refractivity contribution >= 4 is 28.5 Å². The van der Waals surface area contributed by atoms with Crippen molar-refractivity contribution in [2.24, 2.45) is 0 Å². The Morgan fingerprint density at radius 3 is 2.11 bits per heavy atom. The molecule has 190 valence electrons. The lowest BCUT2D eigenvalue weighted by Crippen LogP contribution is -2.18. The molecule has 3 nitrogen and oxygen atoms in total. The molecule has 4 aromatic carbocycles. The van der Waals surface area contributed by atoms with E-state index in [1.807, 2.05) is 81.4 Å². The molecule has 0 spiro atoms. The van der Waals surface area contributed by atoms with Crippen molar-refractivity contribution in [1.82, 2.24) is 4.98 Å². The topological polar surface area (TPSA) is 39.2 Å². The van der Waals surface area contributed by atoms with Gasteiger partial charge in [0.25, 0.3) is 0 Å². The lowest BCUT2D eigenvalue weighted by molar-refractivity contribution is 0.0736. The molecule has 5 aromatic rings. The van der Waals surface area contributed by atoms with Gasteiger partial charge in [0.15, 0.2) is 0 Å². The first kappa shape index (κ1) is 25.7. The van der Waals surface area contributed by atoms with Crippen LogP contribution in [0.2, 0.25) is 5.02 Å².